The molecule has 124 valence electrons. The molecule has 0 bridgehead atoms. The van der Waals surface area contributed by atoms with Crippen molar-refractivity contribution >= 4 is 11.8 Å². The largest absolute Gasteiger partial charge is 0.376 e. The summed E-state index contributed by atoms with van der Waals surface area (Å²) in [5, 5.41) is 2.21. The van der Waals surface area contributed by atoms with Gasteiger partial charge in [0, 0.05) is 31.5 Å². The number of imide groups is 1. The van der Waals surface area contributed by atoms with E-state index in [1.165, 1.54) is 6.08 Å². The van der Waals surface area contributed by atoms with Crippen LogP contribution in [0.25, 0.3) is 0 Å². The Hall–Kier alpha value is -1.24. The topological polar surface area (TPSA) is 73.9 Å². The summed E-state index contributed by atoms with van der Waals surface area (Å²) >= 11 is 0. The molecule has 0 aromatic carbocycles. The minimum atomic E-state index is -0.364. The number of carbonyl (C=O) groups excluding carboxylic acids is 2. The van der Waals surface area contributed by atoms with Crippen molar-refractivity contribution < 1.29 is 23.8 Å². The summed E-state index contributed by atoms with van der Waals surface area (Å²) < 4.78 is 17.2. The van der Waals surface area contributed by atoms with Gasteiger partial charge in [0.1, 0.15) is 0 Å². The van der Waals surface area contributed by atoms with Gasteiger partial charge in [0.25, 0.3) is 11.8 Å². The van der Waals surface area contributed by atoms with Crippen molar-refractivity contribution in [2.75, 3.05) is 26.4 Å². The van der Waals surface area contributed by atoms with Crippen molar-refractivity contribution in [1.29, 1.82) is 0 Å². The third-order valence-electron chi connectivity index (χ3n) is 4.05. The molecule has 1 saturated carbocycles. The van der Waals surface area contributed by atoms with Crippen LogP contribution in [0.3, 0.4) is 0 Å². The molecule has 1 aliphatic heterocycles. The lowest BCUT2D eigenvalue weighted by Gasteiger charge is -2.35. The second-order valence-electron chi connectivity index (χ2n) is 5.67. The number of nitrogens with one attached hydrogen (secondary N) is 1. The van der Waals surface area contributed by atoms with Crippen molar-refractivity contribution in [3.05, 3.63) is 11.6 Å². The summed E-state index contributed by atoms with van der Waals surface area (Å²) in [6.45, 7) is 6.12. The highest BCUT2D eigenvalue weighted by molar-refractivity contribution is 6.16. The predicted molar refractivity (Wildman–Crippen MR) is 80.2 cm³/mol. The van der Waals surface area contributed by atoms with Crippen molar-refractivity contribution in [2.45, 2.75) is 45.3 Å². The zero-order valence-electron chi connectivity index (χ0n) is 13.3. The molecule has 6 nitrogen and oxygen atoms in total. The van der Waals surface area contributed by atoms with E-state index < -0.39 is 0 Å². The molecule has 1 fully saturated rings. The first kappa shape index (κ1) is 17.1. The molecule has 0 saturated heterocycles. The fourth-order valence-electron chi connectivity index (χ4n) is 3.02. The predicted octanol–water partition coefficient (Wildman–Crippen LogP) is 1.20. The van der Waals surface area contributed by atoms with Gasteiger partial charge in [0.05, 0.1) is 18.8 Å². The van der Waals surface area contributed by atoms with Crippen LogP contribution in [0.4, 0.5) is 0 Å². The van der Waals surface area contributed by atoms with E-state index in [-0.39, 0.29) is 30.6 Å². The highest BCUT2D eigenvalue weighted by Gasteiger charge is 2.31. The van der Waals surface area contributed by atoms with Gasteiger partial charge in [-0.2, -0.15) is 0 Å². The first-order valence-electron chi connectivity index (χ1n) is 8.00. The van der Waals surface area contributed by atoms with Crippen molar-refractivity contribution in [1.82, 2.24) is 5.32 Å². The van der Waals surface area contributed by atoms with Crippen LogP contribution in [0.1, 0.15) is 33.1 Å². The van der Waals surface area contributed by atoms with Gasteiger partial charge in [-0.1, -0.05) is 0 Å². The second-order valence-corrected chi connectivity index (χ2v) is 5.67. The average Bonchev–Trinajstić information content (AvgIpc) is 2.80. The number of hydrogen-bond acceptors (Lipinski definition) is 5. The summed E-state index contributed by atoms with van der Waals surface area (Å²) in [4.78, 5) is 22.4. The van der Waals surface area contributed by atoms with Crippen LogP contribution >= 0.6 is 0 Å². The molecule has 1 N–H and O–H groups in total. The summed E-state index contributed by atoms with van der Waals surface area (Å²) in [5.41, 5.74) is 0.398. The van der Waals surface area contributed by atoms with Crippen molar-refractivity contribution in [3.63, 3.8) is 0 Å². The normalized spacial score (nSPS) is 28.6. The summed E-state index contributed by atoms with van der Waals surface area (Å²) in [5.74, 6) is -0.316. The van der Waals surface area contributed by atoms with Gasteiger partial charge in [0.2, 0.25) is 0 Å². The summed E-state index contributed by atoms with van der Waals surface area (Å²) in [7, 11) is 0. The Labute approximate surface area is 131 Å². The van der Waals surface area contributed by atoms with Gasteiger partial charge in [-0.25, -0.2) is 0 Å². The summed E-state index contributed by atoms with van der Waals surface area (Å²) in [6, 6.07) is 0. The highest BCUT2D eigenvalue weighted by atomic mass is 16.5. The third kappa shape index (κ3) is 4.63. The molecular weight excluding hydrogens is 286 g/mol. The Kier molecular flexibility index (Phi) is 6.54. The maximum absolute atomic E-state index is 11.4. The quantitative estimate of drug-likeness (QED) is 0.682. The van der Waals surface area contributed by atoms with Gasteiger partial charge in [-0.15, -0.1) is 0 Å². The molecule has 6 heteroatoms. The fraction of sp³-hybridized carbons (Fsp3) is 0.750. The standard InChI is InChI=1S/C16H25NO5/c1-3-21-13-6-5-11(7-14(13)22-4-2)9-20-10-12-8-15(18)17-16(12)19/h8,11,13-14H,3-7,9-10H2,1-2H3,(H,17,18,19)/t11-,13?,14?/m0/s1. The molecule has 1 aliphatic carbocycles. The molecule has 3 atom stereocenters. The van der Waals surface area contributed by atoms with Crippen LogP contribution in [0, 0.1) is 5.92 Å². The lowest BCUT2D eigenvalue weighted by atomic mass is 9.85. The number of rotatable bonds is 8. The third-order valence-corrected chi connectivity index (χ3v) is 4.05. The molecule has 2 aliphatic rings. The molecule has 1 heterocycles. The van der Waals surface area contributed by atoms with E-state index >= 15 is 0 Å². The Morgan fingerprint density at radius 1 is 1.14 bits per heavy atom. The monoisotopic (exact) mass is 311 g/mol. The fourth-order valence-corrected chi connectivity index (χ4v) is 3.02. The second kappa shape index (κ2) is 8.41. The molecule has 0 radical (unpaired) electrons. The number of carbonyl (C=O) groups is 2. The van der Waals surface area contributed by atoms with Crippen LogP contribution in [-0.2, 0) is 23.8 Å². The van der Waals surface area contributed by atoms with Crippen LogP contribution in [0.5, 0.6) is 0 Å². The average molecular weight is 311 g/mol. The van der Waals surface area contributed by atoms with Gasteiger partial charge >= 0.3 is 0 Å². The van der Waals surface area contributed by atoms with Gasteiger partial charge in [-0.3, -0.25) is 14.9 Å². The number of amides is 2. The van der Waals surface area contributed by atoms with Gasteiger partial charge in [0.15, 0.2) is 0 Å². The van der Waals surface area contributed by atoms with Crippen LogP contribution < -0.4 is 5.32 Å². The molecule has 2 amide bonds. The zero-order valence-corrected chi connectivity index (χ0v) is 13.3. The van der Waals surface area contributed by atoms with E-state index in [2.05, 4.69) is 5.32 Å². The molecule has 22 heavy (non-hydrogen) atoms. The van der Waals surface area contributed by atoms with E-state index in [1.807, 2.05) is 13.8 Å². The molecule has 0 aromatic heterocycles. The lowest BCUT2D eigenvalue weighted by Crippen LogP contribution is -2.39. The van der Waals surface area contributed by atoms with Crippen LogP contribution in [0.15, 0.2) is 11.6 Å². The van der Waals surface area contributed by atoms with E-state index in [0.29, 0.717) is 31.3 Å². The smallest absolute Gasteiger partial charge is 0.256 e. The number of hydrogen-bond donors (Lipinski definition) is 1. The molecular formula is C16H25NO5. The summed E-state index contributed by atoms with van der Waals surface area (Å²) in [6.07, 6.45) is 4.48. The van der Waals surface area contributed by atoms with E-state index in [1.54, 1.807) is 0 Å². The Balaban J connectivity index is 1.75. The molecule has 0 aromatic rings. The minimum Gasteiger partial charge on any atom is -0.376 e. The van der Waals surface area contributed by atoms with E-state index in [0.717, 1.165) is 19.3 Å². The Morgan fingerprint density at radius 2 is 1.86 bits per heavy atom. The van der Waals surface area contributed by atoms with Crippen molar-refractivity contribution in [3.8, 4) is 0 Å². The van der Waals surface area contributed by atoms with Crippen LogP contribution in [0.2, 0.25) is 0 Å². The van der Waals surface area contributed by atoms with E-state index in [4.69, 9.17) is 14.2 Å². The van der Waals surface area contributed by atoms with Crippen molar-refractivity contribution in [2.24, 2.45) is 5.92 Å². The Bertz CT molecular complexity index is 434. The maximum Gasteiger partial charge on any atom is 0.256 e. The van der Waals surface area contributed by atoms with Gasteiger partial charge < -0.3 is 14.2 Å². The Morgan fingerprint density at radius 3 is 2.50 bits per heavy atom. The van der Waals surface area contributed by atoms with Crippen LogP contribution in [-0.4, -0.2) is 50.4 Å². The zero-order chi connectivity index (χ0) is 15.9. The highest BCUT2D eigenvalue weighted by Crippen LogP contribution is 2.29. The lowest BCUT2D eigenvalue weighted by molar-refractivity contribution is -0.124. The van der Waals surface area contributed by atoms with Gasteiger partial charge in [-0.05, 0) is 39.0 Å². The maximum atomic E-state index is 11.4. The SMILES string of the molecule is CCOC1CC[C@H](COCC2=CC(=O)NC2=O)CC1OCC. The first-order chi connectivity index (χ1) is 10.6. The molecule has 2 rings (SSSR count). The molecule has 0 spiro atoms. The molecule has 2 unspecified atom stereocenters. The van der Waals surface area contributed by atoms with E-state index in [9.17, 15) is 9.59 Å². The first-order valence-corrected chi connectivity index (χ1v) is 8.00. The minimum absolute atomic E-state index is 0.114. The number of ether oxygens (including phenoxy) is 3.